The van der Waals surface area contributed by atoms with Crippen LogP contribution in [0.2, 0.25) is 14.8 Å². The van der Waals surface area contributed by atoms with Crippen LogP contribution in [-0.2, 0) is 0 Å². The van der Waals surface area contributed by atoms with E-state index in [1.165, 1.54) is 0 Å². The molecule has 0 aliphatic rings. The number of halogens is 2. The van der Waals surface area contributed by atoms with Crippen molar-refractivity contribution < 1.29 is 0 Å². The maximum atomic E-state index is 3.50. The first-order chi connectivity index (χ1) is 2.94. The minimum absolute atomic E-state index is 0.634. The van der Waals surface area contributed by atoms with E-state index in [4.69, 9.17) is 0 Å². The second kappa shape index (κ2) is 3.06. The van der Waals surface area contributed by atoms with Gasteiger partial charge in [-0.2, -0.15) is 0 Å². The van der Waals surface area contributed by atoms with Crippen molar-refractivity contribution in [2.24, 2.45) is 0 Å². The molecule has 3 heteroatoms. The van der Waals surface area contributed by atoms with Crippen LogP contribution in [0.4, 0.5) is 0 Å². The molecule has 0 heterocycles. The first-order valence-electron chi connectivity index (χ1n) is 2.23. The van der Waals surface area contributed by atoms with Crippen LogP contribution in [0.5, 0.6) is 0 Å². The van der Waals surface area contributed by atoms with Gasteiger partial charge in [0.2, 0.25) is 0 Å². The van der Waals surface area contributed by atoms with Crippen molar-refractivity contribution in [3.8, 4) is 0 Å². The maximum absolute atomic E-state index is 3.50. The Kier molecular flexibility index (Phi) is 3.83. The SMILES string of the molecule is [CH3][Sn]([CH3])([CH3])[CH](Br)Br. The third-order valence-electron chi connectivity index (χ3n) is 0.655. The van der Waals surface area contributed by atoms with Gasteiger partial charge in [-0.05, 0) is 0 Å². The summed E-state index contributed by atoms with van der Waals surface area (Å²) in [6, 6.07) is 0. The Hall–Kier alpha value is 1.76. The van der Waals surface area contributed by atoms with E-state index in [9.17, 15) is 0 Å². The zero-order chi connectivity index (χ0) is 6.08. The number of hydrogen-bond donors (Lipinski definition) is 0. The molecule has 0 aliphatic heterocycles. The summed E-state index contributed by atoms with van der Waals surface area (Å²) in [5.41, 5.74) is 0. The van der Waals surface area contributed by atoms with E-state index in [0.717, 1.165) is 0 Å². The van der Waals surface area contributed by atoms with Crippen LogP contribution in [0, 0.1) is 0 Å². The number of hydrogen-bond acceptors (Lipinski definition) is 0. The van der Waals surface area contributed by atoms with Crippen LogP contribution in [0.1, 0.15) is 0 Å². The Balaban J connectivity index is 3.54. The van der Waals surface area contributed by atoms with Crippen molar-refractivity contribution in [3.05, 3.63) is 0 Å². The first kappa shape index (κ1) is 8.76. The summed E-state index contributed by atoms with van der Waals surface area (Å²) < 4.78 is 0.634. The molecule has 0 atom stereocenters. The molecule has 0 fully saturated rings. The second-order valence-corrected chi connectivity index (χ2v) is 25.7. The van der Waals surface area contributed by atoms with Crippen LogP contribution >= 0.6 is 31.9 Å². The van der Waals surface area contributed by atoms with Gasteiger partial charge in [0.25, 0.3) is 0 Å². The zero-order valence-electron chi connectivity index (χ0n) is 4.83. The summed E-state index contributed by atoms with van der Waals surface area (Å²) in [4.78, 5) is 7.13. The molecule has 0 radical (unpaired) electrons. The average Bonchev–Trinajstić information content (AvgIpc) is 1.31. The van der Waals surface area contributed by atoms with Crippen LogP contribution in [-0.4, -0.2) is 20.1 Å². The van der Waals surface area contributed by atoms with E-state index in [1.54, 1.807) is 0 Å². The Morgan fingerprint density at radius 3 is 1.29 bits per heavy atom. The summed E-state index contributed by atoms with van der Waals surface area (Å²) in [6.45, 7) is 0. The van der Waals surface area contributed by atoms with Crippen LogP contribution in [0.15, 0.2) is 0 Å². The van der Waals surface area contributed by atoms with E-state index in [1.807, 2.05) is 0 Å². The van der Waals surface area contributed by atoms with Gasteiger partial charge in [-0.25, -0.2) is 0 Å². The fraction of sp³-hybridized carbons (Fsp3) is 1.00. The number of rotatable bonds is 1. The summed E-state index contributed by atoms with van der Waals surface area (Å²) in [6.07, 6.45) is 0. The Morgan fingerprint density at radius 2 is 1.29 bits per heavy atom. The van der Waals surface area contributed by atoms with Crippen molar-refractivity contribution in [1.82, 2.24) is 0 Å². The molecule has 0 amide bonds. The fourth-order valence-corrected chi connectivity index (χ4v) is 0. The molecule has 0 nitrogen and oxygen atoms in total. The van der Waals surface area contributed by atoms with Crippen molar-refractivity contribution in [2.45, 2.75) is 16.6 Å². The summed E-state index contributed by atoms with van der Waals surface area (Å²) in [5, 5.41) is 0. The van der Waals surface area contributed by atoms with Crippen molar-refractivity contribution >= 4 is 50.2 Å². The monoisotopic (exact) mass is 336 g/mol. The van der Waals surface area contributed by atoms with Gasteiger partial charge in [-0.1, -0.05) is 0 Å². The Labute approximate surface area is 66.2 Å². The van der Waals surface area contributed by atoms with Gasteiger partial charge in [0, 0.05) is 0 Å². The molecule has 0 saturated heterocycles. The quantitative estimate of drug-likeness (QED) is 0.510. The Bertz CT molecular complexity index is 55.2. The standard InChI is InChI=1S/CHBr2.3CH3.Sn/c2-1-3;;;;/h1H;3*1H3;. The summed E-state index contributed by atoms with van der Waals surface area (Å²) in [7, 11) is 0. The molecule has 0 aromatic heterocycles. The molecule has 0 saturated carbocycles. The van der Waals surface area contributed by atoms with Gasteiger partial charge >= 0.3 is 66.8 Å². The zero-order valence-corrected chi connectivity index (χ0v) is 10.9. The molecule has 7 heavy (non-hydrogen) atoms. The minimum atomic E-state index is -1.53. The second-order valence-electron chi connectivity index (χ2n) is 2.67. The molecule has 44 valence electrons. The van der Waals surface area contributed by atoms with Gasteiger partial charge in [0.15, 0.2) is 0 Å². The van der Waals surface area contributed by atoms with Gasteiger partial charge in [0.1, 0.15) is 0 Å². The van der Waals surface area contributed by atoms with Crippen LogP contribution in [0.3, 0.4) is 0 Å². The molecular weight excluding hydrogens is 327 g/mol. The fourth-order valence-electron chi connectivity index (χ4n) is 0. The van der Waals surface area contributed by atoms with E-state index >= 15 is 0 Å². The Morgan fingerprint density at radius 1 is 1.14 bits per heavy atom. The van der Waals surface area contributed by atoms with E-state index in [2.05, 4.69) is 46.7 Å². The molecule has 0 unspecified atom stereocenters. The van der Waals surface area contributed by atoms with E-state index in [0.29, 0.717) is 1.75 Å². The van der Waals surface area contributed by atoms with Gasteiger partial charge in [0.05, 0.1) is 0 Å². The molecule has 0 spiro atoms. The average molecular weight is 337 g/mol. The van der Waals surface area contributed by atoms with Crippen LogP contribution < -0.4 is 0 Å². The van der Waals surface area contributed by atoms with Gasteiger partial charge in [-0.3, -0.25) is 0 Å². The summed E-state index contributed by atoms with van der Waals surface area (Å²) >= 11 is 5.48. The third-order valence-corrected chi connectivity index (χ3v) is 22.8. The van der Waals surface area contributed by atoms with Gasteiger partial charge < -0.3 is 0 Å². The normalized spacial score (nSPS) is 12.9. The van der Waals surface area contributed by atoms with Crippen LogP contribution in [0.25, 0.3) is 0 Å². The molecule has 0 bridgehead atoms. The molecular formula is C4H10Br2Sn. The van der Waals surface area contributed by atoms with Crippen molar-refractivity contribution in [1.29, 1.82) is 0 Å². The number of alkyl halides is 2. The summed E-state index contributed by atoms with van der Waals surface area (Å²) in [5.74, 6) is 0. The molecule has 0 aliphatic carbocycles. The van der Waals surface area contributed by atoms with Crippen molar-refractivity contribution in [3.63, 3.8) is 0 Å². The van der Waals surface area contributed by atoms with Gasteiger partial charge in [-0.15, -0.1) is 0 Å². The van der Waals surface area contributed by atoms with E-state index < -0.39 is 18.4 Å². The predicted octanol–water partition coefficient (Wildman–Crippen LogP) is 2.98. The molecule has 0 rings (SSSR count). The first-order valence-corrected chi connectivity index (χ1v) is 14.3. The van der Waals surface area contributed by atoms with Crippen molar-refractivity contribution in [2.75, 3.05) is 0 Å². The topological polar surface area (TPSA) is 0 Å². The molecule has 0 aromatic rings. The van der Waals surface area contributed by atoms with E-state index in [-0.39, 0.29) is 0 Å². The molecule has 0 N–H and O–H groups in total. The molecule has 0 aromatic carbocycles. The predicted molar refractivity (Wildman–Crippen MR) is 45.0 cm³/mol. The third kappa shape index (κ3) is 4.27.